The van der Waals surface area contributed by atoms with E-state index < -0.39 is 6.17 Å². The predicted molar refractivity (Wildman–Crippen MR) is 156 cm³/mol. The van der Waals surface area contributed by atoms with Gasteiger partial charge >= 0.3 is 0 Å². The molecule has 0 bridgehead atoms. The van der Waals surface area contributed by atoms with Gasteiger partial charge in [-0.3, -0.25) is 0 Å². The zero-order valence-electron chi connectivity index (χ0n) is 24.0. The molecule has 0 saturated heterocycles. The first-order chi connectivity index (χ1) is 18.1. The van der Waals surface area contributed by atoms with Crippen LogP contribution in [0.3, 0.4) is 0 Å². The van der Waals surface area contributed by atoms with Crippen molar-refractivity contribution < 1.29 is 9.13 Å². The van der Waals surface area contributed by atoms with Crippen molar-refractivity contribution in [3.8, 4) is 17.1 Å². The third-order valence-electron chi connectivity index (χ3n) is 7.33. The van der Waals surface area contributed by atoms with E-state index in [-0.39, 0.29) is 6.61 Å². The van der Waals surface area contributed by atoms with E-state index in [1.165, 1.54) is 89.0 Å². The number of alkyl halides is 1. The molecule has 4 heteroatoms. The van der Waals surface area contributed by atoms with E-state index in [0.717, 1.165) is 30.7 Å². The maximum absolute atomic E-state index is 14.3. The van der Waals surface area contributed by atoms with E-state index in [1.54, 1.807) is 0 Å². The van der Waals surface area contributed by atoms with E-state index in [4.69, 9.17) is 4.74 Å². The van der Waals surface area contributed by atoms with Gasteiger partial charge in [0.1, 0.15) is 18.5 Å². The number of unbranched alkanes of at least 4 members (excludes halogenated alkanes) is 10. The van der Waals surface area contributed by atoms with Crippen molar-refractivity contribution in [1.82, 2.24) is 9.97 Å². The van der Waals surface area contributed by atoms with Gasteiger partial charge in [0.15, 0.2) is 5.82 Å². The molecule has 2 rings (SSSR count). The predicted octanol–water partition coefficient (Wildman–Crippen LogP) is 10.3. The minimum absolute atomic E-state index is 0.119. The van der Waals surface area contributed by atoms with E-state index in [9.17, 15) is 4.39 Å². The molecule has 3 nitrogen and oxygen atoms in total. The molecule has 37 heavy (non-hydrogen) atoms. The van der Waals surface area contributed by atoms with E-state index in [1.807, 2.05) is 36.7 Å². The quantitative estimate of drug-likeness (QED) is 0.147. The highest BCUT2D eigenvalue weighted by atomic mass is 19.1. The van der Waals surface area contributed by atoms with Crippen LogP contribution in [0.5, 0.6) is 5.75 Å². The van der Waals surface area contributed by atoms with Gasteiger partial charge < -0.3 is 4.74 Å². The molecule has 0 fully saturated rings. The lowest BCUT2D eigenvalue weighted by molar-refractivity contribution is 0.182. The minimum Gasteiger partial charge on any atom is -0.491 e. The zero-order valence-corrected chi connectivity index (χ0v) is 24.0. The number of nitrogens with zero attached hydrogens (tertiary/aromatic N) is 2. The van der Waals surface area contributed by atoms with Gasteiger partial charge in [0.2, 0.25) is 0 Å². The highest BCUT2D eigenvalue weighted by Crippen LogP contribution is 2.21. The minimum atomic E-state index is -0.913. The Hall–Kier alpha value is -1.97. The summed E-state index contributed by atoms with van der Waals surface area (Å²) in [7, 11) is 0. The number of ether oxygens (including phenoxy) is 1. The summed E-state index contributed by atoms with van der Waals surface area (Å²) < 4.78 is 20.0. The molecule has 1 aromatic heterocycles. The second kappa shape index (κ2) is 20.1. The molecule has 0 amide bonds. The van der Waals surface area contributed by atoms with E-state index in [2.05, 4.69) is 30.7 Å². The Morgan fingerprint density at radius 2 is 1.27 bits per heavy atom. The summed E-state index contributed by atoms with van der Waals surface area (Å²) in [5, 5.41) is 0. The number of aryl methyl sites for hydroxylation is 1. The molecule has 2 unspecified atom stereocenters. The Morgan fingerprint density at radius 3 is 1.92 bits per heavy atom. The molecule has 0 aliphatic rings. The highest BCUT2D eigenvalue weighted by Gasteiger charge is 2.10. The molecule has 2 aromatic rings. The fraction of sp³-hybridized carbons (Fsp3) is 0.697. The SMILES string of the molecule is CCCCCCCCCCCc1cnc(-c2ccc(OCC(F)CCCC(C)CCCCC)cc2)nc1. The summed E-state index contributed by atoms with van der Waals surface area (Å²) in [4.78, 5) is 9.14. The average Bonchev–Trinajstić information content (AvgIpc) is 2.92. The van der Waals surface area contributed by atoms with Crippen molar-refractivity contribution in [1.29, 1.82) is 0 Å². The van der Waals surface area contributed by atoms with Gasteiger partial charge in [0.05, 0.1) is 0 Å². The lowest BCUT2D eigenvalue weighted by atomic mass is 9.97. The Morgan fingerprint density at radius 1 is 0.703 bits per heavy atom. The molecule has 1 aromatic carbocycles. The standard InChI is InChI=1S/C33H53FN2O/c1-4-6-8-9-10-11-12-13-15-19-29-25-35-33(36-26-29)30-21-23-32(24-22-30)37-27-31(34)20-16-18-28(3)17-14-7-5-2/h21-26,28,31H,4-20,27H2,1-3H3. The van der Waals surface area contributed by atoms with Crippen molar-refractivity contribution in [3.63, 3.8) is 0 Å². The van der Waals surface area contributed by atoms with Crippen LogP contribution in [0.25, 0.3) is 11.4 Å². The Balaban J connectivity index is 1.61. The molecule has 1 heterocycles. The summed E-state index contributed by atoms with van der Waals surface area (Å²) in [6.45, 7) is 6.91. The van der Waals surface area contributed by atoms with Crippen LogP contribution in [0.1, 0.15) is 129 Å². The number of benzene rings is 1. The molecule has 0 N–H and O–H groups in total. The van der Waals surface area contributed by atoms with E-state index in [0.29, 0.717) is 18.1 Å². The molecular formula is C33H53FN2O. The molecule has 0 spiro atoms. The van der Waals surface area contributed by atoms with Gasteiger partial charge in [-0.1, -0.05) is 111 Å². The lowest BCUT2D eigenvalue weighted by Gasteiger charge is -2.13. The third kappa shape index (κ3) is 14.5. The van der Waals surface area contributed by atoms with Gasteiger partial charge in [0.25, 0.3) is 0 Å². The summed E-state index contributed by atoms with van der Waals surface area (Å²) in [5.74, 6) is 2.11. The van der Waals surface area contributed by atoms with Gasteiger partial charge in [-0.25, -0.2) is 14.4 Å². The second-order valence-electron chi connectivity index (χ2n) is 11.0. The van der Waals surface area contributed by atoms with Gasteiger partial charge in [-0.2, -0.15) is 0 Å². The monoisotopic (exact) mass is 512 g/mol. The number of hydrogen-bond acceptors (Lipinski definition) is 3. The summed E-state index contributed by atoms with van der Waals surface area (Å²) in [5.41, 5.74) is 2.16. The van der Waals surface area contributed by atoms with Crippen molar-refractivity contribution in [2.24, 2.45) is 5.92 Å². The van der Waals surface area contributed by atoms with Crippen LogP contribution in [0.4, 0.5) is 4.39 Å². The van der Waals surface area contributed by atoms with Crippen LogP contribution in [-0.4, -0.2) is 22.7 Å². The van der Waals surface area contributed by atoms with Crippen LogP contribution < -0.4 is 4.74 Å². The third-order valence-corrected chi connectivity index (χ3v) is 7.33. The molecule has 208 valence electrons. The van der Waals surface area contributed by atoms with Crippen LogP contribution in [0.2, 0.25) is 0 Å². The summed E-state index contributed by atoms with van der Waals surface area (Å²) >= 11 is 0. The first-order valence-electron chi connectivity index (χ1n) is 15.3. The van der Waals surface area contributed by atoms with Crippen LogP contribution in [0.15, 0.2) is 36.7 Å². The number of rotatable bonds is 22. The van der Waals surface area contributed by atoms with E-state index >= 15 is 0 Å². The molecule has 0 saturated carbocycles. The van der Waals surface area contributed by atoms with Crippen molar-refractivity contribution >= 4 is 0 Å². The highest BCUT2D eigenvalue weighted by molar-refractivity contribution is 5.55. The lowest BCUT2D eigenvalue weighted by Crippen LogP contribution is -2.13. The fourth-order valence-corrected chi connectivity index (χ4v) is 4.82. The molecular weight excluding hydrogens is 459 g/mol. The molecule has 0 aliphatic carbocycles. The van der Waals surface area contributed by atoms with Crippen molar-refractivity contribution in [3.05, 3.63) is 42.2 Å². The Labute approximate surface area is 227 Å². The van der Waals surface area contributed by atoms with Crippen LogP contribution in [0, 0.1) is 5.92 Å². The molecule has 2 atom stereocenters. The largest absolute Gasteiger partial charge is 0.491 e. The average molecular weight is 513 g/mol. The maximum atomic E-state index is 14.3. The number of hydrogen-bond donors (Lipinski definition) is 0. The second-order valence-corrected chi connectivity index (χ2v) is 11.0. The van der Waals surface area contributed by atoms with Crippen LogP contribution >= 0.6 is 0 Å². The first-order valence-corrected chi connectivity index (χ1v) is 15.3. The molecule has 0 radical (unpaired) electrons. The first kappa shape index (κ1) is 31.2. The Bertz CT molecular complexity index is 793. The normalized spacial score (nSPS) is 13.0. The van der Waals surface area contributed by atoms with Gasteiger partial charge in [-0.15, -0.1) is 0 Å². The molecule has 0 aliphatic heterocycles. The number of halogens is 1. The maximum Gasteiger partial charge on any atom is 0.159 e. The summed E-state index contributed by atoms with van der Waals surface area (Å²) in [6.07, 6.45) is 23.9. The Kier molecular flexibility index (Phi) is 16.9. The van der Waals surface area contributed by atoms with Gasteiger partial charge in [-0.05, 0) is 55.0 Å². The fourth-order valence-electron chi connectivity index (χ4n) is 4.82. The topological polar surface area (TPSA) is 35.0 Å². The zero-order chi connectivity index (χ0) is 26.6. The van der Waals surface area contributed by atoms with Crippen molar-refractivity contribution in [2.75, 3.05) is 6.61 Å². The summed E-state index contributed by atoms with van der Waals surface area (Å²) in [6, 6.07) is 7.68. The van der Waals surface area contributed by atoms with Gasteiger partial charge in [0, 0.05) is 18.0 Å². The smallest absolute Gasteiger partial charge is 0.159 e. The van der Waals surface area contributed by atoms with Crippen LogP contribution in [-0.2, 0) is 6.42 Å². The number of aromatic nitrogens is 2. The van der Waals surface area contributed by atoms with Crippen molar-refractivity contribution in [2.45, 2.75) is 136 Å².